The fraction of sp³-hybridized carbons (Fsp3) is 0.412. The summed E-state index contributed by atoms with van der Waals surface area (Å²) in [6.07, 6.45) is 10.8. The molecular weight excluding hydrogens is 318 g/mol. The van der Waals surface area contributed by atoms with Crippen LogP contribution in [0.5, 0.6) is 0 Å². The van der Waals surface area contributed by atoms with Crippen molar-refractivity contribution in [3.05, 3.63) is 30.9 Å². The number of hydrogen-bond donors (Lipinski definition) is 2. The van der Waals surface area contributed by atoms with Crippen molar-refractivity contribution in [1.29, 1.82) is 0 Å². The molecule has 0 bridgehead atoms. The van der Waals surface area contributed by atoms with Crippen LogP contribution in [0.4, 0.5) is 11.8 Å². The lowest BCUT2D eigenvalue weighted by molar-refractivity contribution is 0.311. The lowest BCUT2D eigenvalue weighted by atomic mass is 10.1. The molecule has 3 aromatic heterocycles. The SMILES string of the molecule is OCCNc1nccn2c(-c3ccnc(N4CCCCC4)n3)cnc12. The predicted molar refractivity (Wildman–Crippen MR) is 95.7 cm³/mol. The van der Waals surface area contributed by atoms with Gasteiger partial charge in [-0.25, -0.2) is 19.9 Å². The zero-order valence-electron chi connectivity index (χ0n) is 14.0. The van der Waals surface area contributed by atoms with Crippen LogP contribution in [0.3, 0.4) is 0 Å². The Balaban J connectivity index is 1.70. The van der Waals surface area contributed by atoms with E-state index in [4.69, 9.17) is 10.1 Å². The number of piperidine rings is 1. The van der Waals surface area contributed by atoms with Crippen molar-refractivity contribution in [3.8, 4) is 11.4 Å². The number of hydrogen-bond acceptors (Lipinski definition) is 7. The van der Waals surface area contributed by atoms with E-state index in [0.29, 0.717) is 18.0 Å². The van der Waals surface area contributed by atoms with Gasteiger partial charge in [0, 0.05) is 38.2 Å². The molecule has 130 valence electrons. The average Bonchev–Trinajstić information content (AvgIpc) is 3.12. The van der Waals surface area contributed by atoms with E-state index in [9.17, 15) is 0 Å². The van der Waals surface area contributed by atoms with Crippen molar-refractivity contribution >= 4 is 17.4 Å². The first-order valence-electron chi connectivity index (χ1n) is 8.62. The molecule has 25 heavy (non-hydrogen) atoms. The number of rotatable bonds is 5. The molecule has 0 spiro atoms. The lowest BCUT2D eigenvalue weighted by Gasteiger charge is -2.26. The fourth-order valence-corrected chi connectivity index (χ4v) is 3.15. The van der Waals surface area contributed by atoms with Crippen LogP contribution in [0.25, 0.3) is 17.0 Å². The molecule has 1 fully saturated rings. The van der Waals surface area contributed by atoms with Gasteiger partial charge in [-0.05, 0) is 25.3 Å². The largest absolute Gasteiger partial charge is 0.395 e. The molecule has 0 aliphatic carbocycles. The molecule has 0 atom stereocenters. The number of aliphatic hydroxyl groups is 1. The molecule has 3 aromatic rings. The molecule has 1 aliphatic heterocycles. The molecule has 8 nitrogen and oxygen atoms in total. The summed E-state index contributed by atoms with van der Waals surface area (Å²) in [5.41, 5.74) is 2.44. The third kappa shape index (κ3) is 3.12. The molecule has 1 aliphatic rings. The first kappa shape index (κ1) is 15.8. The molecule has 0 saturated carbocycles. The van der Waals surface area contributed by atoms with Gasteiger partial charge in [-0.3, -0.25) is 4.40 Å². The van der Waals surface area contributed by atoms with E-state index in [1.54, 1.807) is 18.6 Å². The third-order valence-electron chi connectivity index (χ3n) is 4.38. The van der Waals surface area contributed by atoms with Crippen molar-refractivity contribution in [3.63, 3.8) is 0 Å². The maximum Gasteiger partial charge on any atom is 0.225 e. The number of nitrogens with zero attached hydrogens (tertiary/aromatic N) is 6. The summed E-state index contributed by atoms with van der Waals surface area (Å²) in [5, 5.41) is 12.1. The number of imidazole rings is 1. The molecule has 4 rings (SSSR count). The summed E-state index contributed by atoms with van der Waals surface area (Å²) >= 11 is 0. The highest BCUT2D eigenvalue weighted by Gasteiger charge is 2.16. The van der Waals surface area contributed by atoms with Gasteiger partial charge in [-0.2, -0.15) is 0 Å². The quantitative estimate of drug-likeness (QED) is 0.729. The standard InChI is InChI=1S/C17H21N7O/c25-11-7-19-15-16-21-12-14(24(16)10-6-18-15)13-4-5-20-17(22-13)23-8-2-1-3-9-23/h4-6,10,12,25H,1-3,7-9,11H2,(H,18,19). The number of anilines is 2. The van der Waals surface area contributed by atoms with Crippen LogP contribution in [-0.4, -0.2) is 55.7 Å². The Morgan fingerprint density at radius 1 is 1.08 bits per heavy atom. The summed E-state index contributed by atoms with van der Waals surface area (Å²) in [4.78, 5) is 20.2. The van der Waals surface area contributed by atoms with E-state index in [2.05, 4.69) is 25.2 Å². The van der Waals surface area contributed by atoms with E-state index in [1.807, 2.05) is 16.7 Å². The zero-order valence-corrected chi connectivity index (χ0v) is 14.0. The number of aromatic nitrogens is 5. The van der Waals surface area contributed by atoms with E-state index in [1.165, 1.54) is 19.3 Å². The lowest BCUT2D eigenvalue weighted by Crippen LogP contribution is -2.31. The van der Waals surface area contributed by atoms with Gasteiger partial charge < -0.3 is 15.3 Å². The Morgan fingerprint density at radius 2 is 1.96 bits per heavy atom. The smallest absolute Gasteiger partial charge is 0.225 e. The summed E-state index contributed by atoms with van der Waals surface area (Å²) in [7, 11) is 0. The van der Waals surface area contributed by atoms with Crippen molar-refractivity contribution in [2.45, 2.75) is 19.3 Å². The van der Waals surface area contributed by atoms with Crippen molar-refractivity contribution in [2.75, 3.05) is 36.5 Å². The summed E-state index contributed by atoms with van der Waals surface area (Å²) in [6, 6.07) is 1.90. The van der Waals surface area contributed by atoms with Gasteiger partial charge in [-0.15, -0.1) is 0 Å². The maximum atomic E-state index is 9.00. The monoisotopic (exact) mass is 339 g/mol. The minimum absolute atomic E-state index is 0.0431. The van der Waals surface area contributed by atoms with Gasteiger partial charge in [0.1, 0.15) is 0 Å². The van der Waals surface area contributed by atoms with E-state index < -0.39 is 0 Å². The number of fused-ring (bicyclic) bond motifs is 1. The maximum absolute atomic E-state index is 9.00. The Hall–Kier alpha value is -2.74. The predicted octanol–water partition coefficient (Wildman–Crippen LogP) is 1.58. The Labute approximate surface area is 145 Å². The Morgan fingerprint density at radius 3 is 2.80 bits per heavy atom. The normalized spacial score (nSPS) is 14.8. The van der Waals surface area contributed by atoms with Crippen LogP contribution in [0, 0.1) is 0 Å². The van der Waals surface area contributed by atoms with Gasteiger partial charge in [0.05, 0.1) is 24.2 Å². The highest BCUT2D eigenvalue weighted by Crippen LogP contribution is 2.24. The van der Waals surface area contributed by atoms with Crippen LogP contribution < -0.4 is 10.2 Å². The van der Waals surface area contributed by atoms with Crippen LogP contribution in [-0.2, 0) is 0 Å². The first-order valence-corrected chi connectivity index (χ1v) is 8.62. The zero-order chi connectivity index (χ0) is 17.1. The van der Waals surface area contributed by atoms with E-state index >= 15 is 0 Å². The van der Waals surface area contributed by atoms with Crippen LogP contribution in [0.1, 0.15) is 19.3 Å². The van der Waals surface area contributed by atoms with Gasteiger partial charge in [0.25, 0.3) is 0 Å². The van der Waals surface area contributed by atoms with Crippen molar-refractivity contribution in [2.24, 2.45) is 0 Å². The minimum Gasteiger partial charge on any atom is -0.395 e. The molecule has 4 heterocycles. The second-order valence-electron chi connectivity index (χ2n) is 6.05. The van der Waals surface area contributed by atoms with Crippen LogP contribution >= 0.6 is 0 Å². The second kappa shape index (κ2) is 7.02. The highest BCUT2D eigenvalue weighted by atomic mass is 16.3. The van der Waals surface area contributed by atoms with Crippen molar-refractivity contribution in [1.82, 2.24) is 24.3 Å². The Kier molecular flexibility index (Phi) is 4.43. The van der Waals surface area contributed by atoms with Gasteiger partial charge in [0.2, 0.25) is 5.95 Å². The first-order chi connectivity index (χ1) is 12.4. The van der Waals surface area contributed by atoms with Crippen LogP contribution in [0.2, 0.25) is 0 Å². The van der Waals surface area contributed by atoms with Gasteiger partial charge in [0.15, 0.2) is 11.5 Å². The van der Waals surface area contributed by atoms with Crippen molar-refractivity contribution < 1.29 is 5.11 Å². The summed E-state index contributed by atoms with van der Waals surface area (Å²) in [6.45, 7) is 2.49. The van der Waals surface area contributed by atoms with E-state index in [-0.39, 0.29) is 6.61 Å². The molecular formula is C17H21N7O. The molecule has 0 amide bonds. The molecule has 8 heteroatoms. The molecule has 0 unspecified atom stereocenters. The number of nitrogens with one attached hydrogen (secondary N) is 1. The van der Waals surface area contributed by atoms with E-state index in [0.717, 1.165) is 30.4 Å². The fourth-order valence-electron chi connectivity index (χ4n) is 3.15. The summed E-state index contributed by atoms with van der Waals surface area (Å²) < 4.78 is 1.95. The average molecular weight is 339 g/mol. The number of aliphatic hydroxyl groups excluding tert-OH is 1. The topological polar surface area (TPSA) is 91.5 Å². The highest BCUT2D eigenvalue weighted by molar-refractivity contribution is 5.69. The minimum atomic E-state index is 0.0431. The van der Waals surface area contributed by atoms with Gasteiger partial charge in [-0.1, -0.05) is 0 Å². The molecule has 0 aromatic carbocycles. The van der Waals surface area contributed by atoms with Crippen LogP contribution in [0.15, 0.2) is 30.9 Å². The van der Waals surface area contributed by atoms with Gasteiger partial charge >= 0.3 is 0 Å². The second-order valence-corrected chi connectivity index (χ2v) is 6.05. The molecule has 0 radical (unpaired) electrons. The Bertz CT molecular complexity index is 857. The third-order valence-corrected chi connectivity index (χ3v) is 4.38. The molecule has 1 saturated heterocycles. The molecule has 2 N–H and O–H groups in total. The summed E-state index contributed by atoms with van der Waals surface area (Å²) in [5.74, 6) is 1.42.